The molecule has 0 spiro atoms. The van der Waals surface area contributed by atoms with Crippen LogP contribution in [0.3, 0.4) is 0 Å². The molecular weight excluding hydrogens is 274 g/mol. The average Bonchev–Trinajstić information content (AvgIpc) is 2.45. The third-order valence-electron chi connectivity index (χ3n) is 3.32. The Morgan fingerprint density at radius 3 is 2.24 bits per heavy atom. The maximum Gasteiger partial charge on any atom is 0.251 e. The molecule has 0 saturated heterocycles. The minimum absolute atomic E-state index is 0.0154. The predicted octanol–water partition coefficient (Wildman–Crippen LogP) is 4.10. The third kappa shape index (κ3) is 4.99. The molecule has 21 heavy (non-hydrogen) atoms. The summed E-state index contributed by atoms with van der Waals surface area (Å²) in [6, 6.07) is 2.19. The van der Waals surface area contributed by atoms with E-state index in [2.05, 4.69) is 10.6 Å². The summed E-state index contributed by atoms with van der Waals surface area (Å²) in [4.78, 5) is 12.1. The fraction of sp³-hybridized carbons (Fsp3) is 0.562. The second-order valence-corrected chi connectivity index (χ2v) is 5.11. The Bertz CT molecular complexity index is 454. The summed E-state index contributed by atoms with van der Waals surface area (Å²) in [6.07, 6.45) is 3.35. The van der Waals surface area contributed by atoms with Gasteiger partial charge in [-0.25, -0.2) is 8.78 Å². The number of carbonyl (C=O) groups excluding carboxylic acids is 1. The van der Waals surface area contributed by atoms with E-state index in [9.17, 15) is 13.6 Å². The van der Waals surface area contributed by atoms with Gasteiger partial charge in [0.25, 0.3) is 5.91 Å². The lowest BCUT2D eigenvalue weighted by molar-refractivity contribution is 0.0933. The van der Waals surface area contributed by atoms with Crippen molar-refractivity contribution in [3.8, 4) is 0 Å². The SMILES string of the molecule is CCCNc1c(F)cc(C(=O)NC(CC)CCC)cc1F. The van der Waals surface area contributed by atoms with Crippen molar-refractivity contribution in [1.29, 1.82) is 0 Å². The minimum Gasteiger partial charge on any atom is -0.380 e. The lowest BCUT2D eigenvalue weighted by Crippen LogP contribution is -2.34. The monoisotopic (exact) mass is 298 g/mol. The van der Waals surface area contributed by atoms with E-state index in [4.69, 9.17) is 0 Å². The van der Waals surface area contributed by atoms with Gasteiger partial charge in [-0.2, -0.15) is 0 Å². The third-order valence-corrected chi connectivity index (χ3v) is 3.32. The Morgan fingerprint density at radius 1 is 1.14 bits per heavy atom. The van der Waals surface area contributed by atoms with Crippen molar-refractivity contribution in [3.05, 3.63) is 29.3 Å². The molecule has 2 N–H and O–H groups in total. The van der Waals surface area contributed by atoms with Crippen LogP contribution in [0.4, 0.5) is 14.5 Å². The molecule has 0 saturated carbocycles. The van der Waals surface area contributed by atoms with Gasteiger partial charge in [-0.3, -0.25) is 4.79 Å². The number of nitrogens with one attached hydrogen (secondary N) is 2. The van der Waals surface area contributed by atoms with Crippen LogP contribution in [0.5, 0.6) is 0 Å². The largest absolute Gasteiger partial charge is 0.380 e. The first-order chi connectivity index (χ1) is 10.0. The molecule has 1 atom stereocenters. The molecule has 5 heteroatoms. The van der Waals surface area contributed by atoms with Crippen LogP contribution in [0.1, 0.15) is 56.8 Å². The number of rotatable bonds is 8. The molecule has 0 aliphatic carbocycles. The lowest BCUT2D eigenvalue weighted by Gasteiger charge is -2.16. The zero-order valence-electron chi connectivity index (χ0n) is 12.9. The van der Waals surface area contributed by atoms with Crippen LogP contribution in [0.25, 0.3) is 0 Å². The van der Waals surface area contributed by atoms with Gasteiger partial charge in [-0.15, -0.1) is 0 Å². The summed E-state index contributed by atoms with van der Waals surface area (Å²) in [5.41, 5.74) is -0.157. The van der Waals surface area contributed by atoms with Gasteiger partial charge < -0.3 is 10.6 Å². The van der Waals surface area contributed by atoms with Gasteiger partial charge in [0.15, 0.2) is 0 Å². The zero-order chi connectivity index (χ0) is 15.8. The Hall–Kier alpha value is -1.65. The molecule has 1 aromatic rings. The molecule has 1 amide bonds. The van der Waals surface area contributed by atoms with Crippen LogP contribution in [0.15, 0.2) is 12.1 Å². The van der Waals surface area contributed by atoms with Gasteiger partial charge in [0, 0.05) is 18.2 Å². The van der Waals surface area contributed by atoms with Gasteiger partial charge in [0.05, 0.1) is 0 Å². The number of amides is 1. The maximum absolute atomic E-state index is 13.9. The van der Waals surface area contributed by atoms with E-state index in [1.807, 2.05) is 20.8 Å². The van der Waals surface area contributed by atoms with Gasteiger partial charge >= 0.3 is 0 Å². The van der Waals surface area contributed by atoms with Crippen LogP contribution < -0.4 is 10.6 Å². The second kappa shape index (κ2) is 8.60. The first-order valence-corrected chi connectivity index (χ1v) is 7.57. The fourth-order valence-corrected chi connectivity index (χ4v) is 2.12. The number of hydrogen-bond donors (Lipinski definition) is 2. The molecule has 1 unspecified atom stereocenters. The first kappa shape index (κ1) is 17.4. The minimum atomic E-state index is -0.739. The van der Waals surface area contributed by atoms with E-state index in [0.29, 0.717) is 6.54 Å². The molecule has 0 heterocycles. The number of halogens is 2. The predicted molar refractivity (Wildman–Crippen MR) is 81.6 cm³/mol. The molecule has 1 rings (SSSR count). The lowest BCUT2D eigenvalue weighted by atomic mass is 10.1. The summed E-state index contributed by atoms with van der Waals surface area (Å²) in [5.74, 6) is -1.91. The Labute approximate surface area is 125 Å². The summed E-state index contributed by atoms with van der Waals surface area (Å²) >= 11 is 0. The smallest absolute Gasteiger partial charge is 0.251 e. The topological polar surface area (TPSA) is 41.1 Å². The van der Waals surface area contributed by atoms with Crippen molar-refractivity contribution >= 4 is 11.6 Å². The normalized spacial score (nSPS) is 12.0. The zero-order valence-corrected chi connectivity index (χ0v) is 12.9. The number of carbonyl (C=O) groups is 1. The van der Waals surface area contributed by atoms with Crippen molar-refractivity contribution in [1.82, 2.24) is 5.32 Å². The van der Waals surface area contributed by atoms with Crippen LogP contribution >= 0.6 is 0 Å². The van der Waals surface area contributed by atoms with E-state index in [0.717, 1.165) is 37.8 Å². The fourth-order valence-electron chi connectivity index (χ4n) is 2.12. The van der Waals surface area contributed by atoms with Crippen LogP contribution in [-0.2, 0) is 0 Å². The van der Waals surface area contributed by atoms with Crippen molar-refractivity contribution in [3.63, 3.8) is 0 Å². The van der Waals surface area contributed by atoms with Gasteiger partial charge in [-0.1, -0.05) is 27.2 Å². The highest BCUT2D eigenvalue weighted by Crippen LogP contribution is 2.21. The number of hydrogen-bond acceptors (Lipinski definition) is 2. The summed E-state index contributed by atoms with van der Waals surface area (Å²) < 4.78 is 27.8. The number of anilines is 1. The molecule has 3 nitrogen and oxygen atoms in total. The maximum atomic E-state index is 13.9. The van der Waals surface area contributed by atoms with Crippen LogP contribution in [0.2, 0.25) is 0 Å². The van der Waals surface area contributed by atoms with E-state index in [1.165, 1.54) is 0 Å². The molecule has 0 aromatic heterocycles. The summed E-state index contributed by atoms with van der Waals surface area (Å²) in [6.45, 7) is 6.39. The Balaban J connectivity index is 2.86. The van der Waals surface area contributed by atoms with E-state index in [1.54, 1.807) is 0 Å². The highest BCUT2D eigenvalue weighted by Gasteiger charge is 2.17. The first-order valence-electron chi connectivity index (χ1n) is 7.57. The van der Waals surface area contributed by atoms with Gasteiger partial charge in [0.2, 0.25) is 0 Å². The van der Waals surface area contributed by atoms with E-state index < -0.39 is 17.5 Å². The van der Waals surface area contributed by atoms with E-state index in [-0.39, 0.29) is 17.3 Å². The van der Waals surface area contributed by atoms with Crippen molar-refractivity contribution in [2.45, 2.75) is 52.5 Å². The van der Waals surface area contributed by atoms with Gasteiger partial charge in [0.1, 0.15) is 17.3 Å². The van der Waals surface area contributed by atoms with Crippen molar-refractivity contribution in [2.24, 2.45) is 0 Å². The molecule has 0 fully saturated rings. The molecule has 0 radical (unpaired) electrons. The second-order valence-electron chi connectivity index (χ2n) is 5.11. The standard InChI is InChI=1S/C16H24F2N2O/c1-4-7-12(6-3)20-16(21)11-9-13(17)15(14(18)10-11)19-8-5-2/h9-10,12,19H,4-8H2,1-3H3,(H,20,21). The Morgan fingerprint density at radius 2 is 1.76 bits per heavy atom. The van der Waals surface area contributed by atoms with Crippen molar-refractivity contribution < 1.29 is 13.6 Å². The molecule has 0 aliphatic rings. The molecule has 0 aliphatic heterocycles. The summed E-state index contributed by atoms with van der Waals surface area (Å²) in [5, 5.41) is 5.50. The quantitative estimate of drug-likeness (QED) is 0.759. The molecule has 1 aromatic carbocycles. The summed E-state index contributed by atoms with van der Waals surface area (Å²) in [7, 11) is 0. The van der Waals surface area contributed by atoms with Crippen LogP contribution in [0, 0.1) is 11.6 Å². The Kier molecular flexibility index (Phi) is 7.12. The van der Waals surface area contributed by atoms with Gasteiger partial charge in [-0.05, 0) is 31.4 Å². The van der Waals surface area contributed by atoms with E-state index >= 15 is 0 Å². The number of benzene rings is 1. The highest BCUT2D eigenvalue weighted by atomic mass is 19.1. The average molecular weight is 298 g/mol. The highest BCUT2D eigenvalue weighted by molar-refractivity contribution is 5.94. The van der Waals surface area contributed by atoms with Crippen molar-refractivity contribution in [2.75, 3.05) is 11.9 Å². The molecule has 0 bridgehead atoms. The van der Waals surface area contributed by atoms with Crippen LogP contribution in [-0.4, -0.2) is 18.5 Å². The molecule has 118 valence electrons. The molecular formula is C16H24F2N2O.